The molecule has 0 aliphatic heterocycles. The number of nitrogens with one attached hydrogen (secondary N) is 2. The highest BCUT2D eigenvalue weighted by Crippen LogP contribution is 2.35. The predicted molar refractivity (Wildman–Crippen MR) is 185 cm³/mol. The Kier molecular flexibility index (Phi) is 13.7. The number of ether oxygens (including phenoxy) is 1. The molecule has 250 valence electrons. The monoisotopic (exact) mass is 639 g/mol. The van der Waals surface area contributed by atoms with Gasteiger partial charge in [0.2, 0.25) is 11.8 Å². The molecule has 1 heterocycles. The van der Waals surface area contributed by atoms with Crippen LogP contribution < -0.4 is 15.4 Å². The average Bonchev–Trinajstić information content (AvgIpc) is 3.50. The van der Waals surface area contributed by atoms with Gasteiger partial charge in [0, 0.05) is 41.4 Å². The van der Waals surface area contributed by atoms with Crippen molar-refractivity contribution < 1.29 is 19.1 Å². The summed E-state index contributed by atoms with van der Waals surface area (Å²) in [7, 11) is 0. The Bertz CT molecular complexity index is 1260. The number of amides is 2. The number of fused-ring (bicyclic) bond motifs is 1. The first kappa shape index (κ1) is 36.8. The van der Waals surface area contributed by atoms with E-state index in [0.29, 0.717) is 31.2 Å². The maximum atomic E-state index is 13.6. The summed E-state index contributed by atoms with van der Waals surface area (Å²) in [6.45, 7) is 18.4. The summed E-state index contributed by atoms with van der Waals surface area (Å²) in [6, 6.07) is 10.9. The molecule has 0 saturated carbocycles. The molecule has 2 aromatic rings. The Morgan fingerprint density at radius 2 is 1.73 bits per heavy atom. The van der Waals surface area contributed by atoms with Crippen molar-refractivity contribution in [1.82, 2.24) is 15.5 Å². The van der Waals surface area contributed by atoms with Gasteiger partial charge < -0.3 is 15.4 Å². The van der Waals surface area contributed by atoms with Crippen molar-refractivity contribution in [3.8, 4) is 5.75 Å². The van der Waals surface area contributed by atoms with Crippen LogP contribution in [0.25, 0.3) is 0 Å². The minimum absolute atomic E-state index is 0.0225. The summed E-state index contributed by atoms with van der Waals surface area (Å²) < 4.78 is 6.12. The van der Waals surface area contributed by atoms with Gasteiger partial charge in [-0.2, -0.15) is 0 Å². The topological polar surface area (TPSA) is 87.7 Å². The van der Waals surface area contributed by atoms with Crippen molar-refractivity contribution >= 4 is 29.1 Å². The van der Waals surface area contributed by atoms with Crippen molar-refractivity contribution in [3.63, 3.8) is 0 Å². The first-order valence-electron chi connectivity index (χ1n) is 17.0. The predicted octanol–water partition coefficient (Wildman–Crippen LogP) is 6.97. The van der Waals surface area contributed by atoms with E-state index in [1.165, 1.54) is 10.4 Å². The summed E-state index contributed by atoms with van der Waals surface area (Å²) in [5.41, 5.74) is 0.945. The SMILES string of the molecule is CCCNC(=O)C(C)CC(C)C(=O)NC(C)(C)CC(C)(C)C(=O)Oc1cccc2c1CC[C@H](N(CCC)CCc1cccs1)C2. The van der Waals surface area contributed by atoms with Crippen LogP contribution in [-0.4, -0.2) is 53.9 Å². The second-order valence-electron chi connectivity index (χ2n) is 14.3. The number of carbonyl (C=O) groups excluding carboxylic acids is 3. The number of thiophene rings is 1. The Hall–Kier alpha value is -2.71. The van der Waals surface area contributed by atoms with E-state index in [0.717, 1.165) is 57.2 Å². The van der Waals surface area contributed by atoms with Crippen LogP contribution >= 0.6 is 11.3 Å². The zero-order valence-electron chi connectivity index (χ0n) is 29.0. The Balaban J connectivity index is 1.59. The molecule has 0 bridgehead atoms. The third-order valence-electron chi connectivity index (χ3n) is 8.92. The molecule has 0 radical (unpaired) electrons. The van der Waals surface area contributed by atoms with Crippen molar-refractivity contribution in [2.24, 2.45) is 17.3 Å². The van der Waals surface area contributed by atoms with Crippen molar-refractivity contribution in [1.29, 1.82) is 0 Å². The zero-order valence-corrected chi connectivity index (χ0v) is 29.8. The number of hydrogen-bond acceptors (Lipinski definition) is 6. The number of esters is 1. The minimum atomic E-state index is -0.826. The average molecular weight is 640 g/mol. The summed E-state index contributed by atoms with van der Waals surface area (Å²) in [5.74, 6) is -0.344. The lowest BCUT2D eigenvalue weighted by atomic mass is 9.79. The number of carbonyl (C=O) groups is 3. The Morgan fingerprint density at radius 1 is 1.00 bits per heavy atom. The largest absolute Gasteiger partial charge is 0.426 e. The van der Waals surface area contributed by atoms with Crippen LogP contribution in [0.2, 0.25) is 0 Å². The van der Waals surface area contributed by atoms with Gasteiger partial charge in [-0.1, -0.05) is 45.9 Å². The van der Waals surface area contributed by atoms with E-state index in [4.69, 9.17) is 4.74 Å². The van der Waals surface area contributed by atoms with Gasteiger partial charge in [-0.05, 0) is 114 Å². The molecular formula is C37H57N3O4S. The molecule has 2 N–H and O–H groups in total. The van der Waals surface area contributed by atoms with Crippen molar-refractivity contribution in [2.75, 3.05) is 19.6 Å². The maximum Gasteiger partial charge on any atom is 0.316 e. The van der Waals surface area contributed by atoms with Crippen LogP contribution in [0.15, 0.2) is 35.7 Å². The first-order chi connectivity index (χ1) is 21.3. The molecule has 0 saturated heterocycles. The highest BCUT2D eigenvalue weighted by atomic mass is 32.1. The van der Waals surface area contributed by atoms with Crippen LogP contribution in [-0.2, 0) is 33.6 Å². The Labute approximate surface area is 275 Å². The lowest BCUT2D eigenvalue weighted by Crippen LogP contribution is -2.50. The standard InChI is InChI=1S/C37H57N3O4S/c1-9-19-38-33(41)26(3)23-27(4)34(42)39-37(7,8)25-36(5,6)35(43)44-32-15-11-13-28-24-29(16-17-31(28)32)40(20-10-2)21-18-30-14-12-22-45-30/h11-15,22,26-27,29H,9-10,16-21,23-25H2,1-8H3,(H,38,41)(H,39,42)/t26?,27?,29-/m0/s1. The summed E-state index contributed by atoms with van der Waals surface area (Å²) in [5, 5.41) is 8.19. The van der Waals surface area contributed by atoms with Crippen molar-refractivity contribution in [2.45, 2.75) is 118 Å². The second-order valence-corrected chi connectivity index (χ2v) is 15.3. The molecule has 0 spiro atoms. The summed E-state index contributed by atoms with van der Waals surface area (Å²) >= 11 is 1.83. The molecule has 3 rings (SSSR count). The zero-order chi connectivity index (χ0) is 33.2. The molecule has 3 atom stereocenters. The fraction of sp³-hybridized carbons (Fsp3) is 0.649. The maximum absolute atomic E-state index is 13.6. The third-order valence-corrected chi connectivity index (χ3v) is 9.85. The number of nitrogens with zero attached hydrogens (tertiary/aromatic N) is 1. The van der Waals surface area contributed by atoms with Crippen LogP contribution in [0.1, 0.15) is 103 Å². The molecular weight excluding hydrogens is 582 g/mol. The normalized spacial score (nSPS) is 16.5. The molecule has 8 heteroatoms. The summed E-state index contributed by atoms with van der Waals surface area (Å²) in [6.07, 6.45) is 6.87. The summed E-state index contributed by atoms with van der Waals surface area (Å²) in [4.78, 5) is 43.1. The number of rotatable bonds is 17. The van der Waals surface area contributed by atoms with Gasteiger partial charge >= 0.3 is 5.97 Å². The van der Waals surface area contributed by atoms with Gasteiger partial charge in [0.25, 0.3) is 0 Å². The number of benzene rings is 1. The van der Waals surface area contributed by atoms with E-state index in [-0.39, 0.29) is 29.6 Å². The van der Waals surface area contributed by atoms with Gasteiger partial charge in [-0.3, -0.25) is 19.3 Å². The van der Waals surface area contributed by atoms with E-state index >= 15 is 0 Å². The van der Waals surface area contributed by atoms with Gasteiger partial charge in [0.1, 0.15) is 5.75 Å². The van der Waals surface area contributed by atoms with E-state index in [2.05, 4.69) is 46.0 Å². The second kappa shape index (κ2) is 16.7. The fourth-order valence-corrected chi connectivity index (χ4v) is 7.41. The molecule has 7 nitrogen and oxygen atoms in total. The third kappa shape index (κ3) is 11.0. The minimum Gasteiger partial charge on any atom is -0.426 e. The highest BCUT2D eigenvalue weighted by Gasteiger charge is 2.38. The fourth-order valence-electron chi connectivity index (χ4n) is 6.72. The van der Waals surface area contributed by atoms with E-state index in [1.807, 2.05) is 71.9 Å². The molecule has 2 amide bonds. The lowest BCUT2D eigenvalue weighted by molar-refractivity contribution is -0.146. The van der Waals surface area contributed by atoms with Gasteiger partial charge in [0.15, 0.2) is 0 Å². The van der Waals surface area contributed by atoms with Crippen LogP contribution in [0.4, 0.5) is 0 Å². The molecule has 1 aliphatic carbocycles. The van der Waals surface area contributed by atoms with Crippen LogP contribution in [0.3, 0.4) is 0 Å². The Morgan fingerprint density at radius 3 is 2.40 bits per heavy atom. The van der Waals surface area contributed by atoms with E-state index in [1.54, 1.807) is 0 Å². The van der Waals surface area contributed by atoms with E-state index in [9.17, 15) is 14.4 Å². The number of hydrogen-bond donors (Lipinski definition) is 2. The molecule has 1 aliphatic rings. The van der Waals surface area contributed by atoms with Gasteiger partial charge in [-0.15, -0.1) is 11.3 Å². The van der Waals surface area contributed by atoms with Gasteiger partial charge in [-0.25, -0.2) is 0 Å². The smallest absolute Gasteiger partial charge is 0.316 e. The van der Waals surface area contributed by atoms with Crippen molar-refractivity contribution in [3.05, 3.63) is 51.7 Å². The molecule has 0 fully saturated rings. The lowest BCUT2D eigenvalue weighted by Gasteiger charge is -2.36. The molecule has 1 aromatic carbocycles. The van der Waals surface area contributed by atoms with E-state index < -0.39 is 11.0 Å². The van der Waals surface area contributed by atoms with Crippen LogP contribution in [0, 0.1) is 17.3 Å². The van der Waals surface area contributed by atoms with Crippen LogP contribution in [0.5, 0.6) is 5.75 Å². The highest BCUT2D eigenvalue weighted by molar-refractivity contribution is 7.09. The quantitative estimate of drug-likeness (QED) is 0.144. The molecule has 45 heavy (non-hydrogen) atoms. The molecule has 1 aromatic heterocycles. The van der Waals surface area contributed by atoms with Gasteiger partial charge in [0.05, 0.1) is 5.41 Å². The molecule has 2 unspecified atom stereocenters. The first-order valence-corrected chi connectivity index (χ1v) is 17.8.